The number of carbonyl (C=O) groups excluding carboxylic acids is 1. The van der Waals surface area contributed by atoms with Gasteiger partial charge in [-0.25, -0.2) is 0 Å². The van der Waals surface area contributed by atoms with E-state index in [4.69, 9.17) is 0 Å². The van der Waals surface area contributed by atoms with Gasteiger partial charge in [-0.3, -0.25) is 9.48 Å². The first-order chi connectivity index (χ1) is 9.56. The largest absolute Gasteiger partial charge is 0.337 e. The molecule has 0 spiro atoms. The van der Waals surface area contributed by atoms with E-state index in [1.165, 1.54) is 0 Å². The molecule has 0 aliphatic carbocycles. The van der Waals surface area contributed by atoms with Crippen molar-refractivity contribution in [1.82, 2.24) is 20.0 Å². The second-order valence-corrected chi connectivity index (χ2v) is 5.67. The molecule has 20 heavy (non-hydrogen) atoms. The summed E-state index contributed by atoms with van der Waals surface area (Å²) in [6, 6.07) is 2.42. The Morgan fingerprint density at radius 2 is 2.25 bits per heavy atom. The van der Waals surface area contributed by atoms with Crippen LogP contribution in [0, 0.1) is 12.8 Å². The number of carbonyl (C=O) groups is 1. The predicted octanol–water partition coefficient (Wildman–Crippen LogP) is 1.58. The summed E-state index contributed by atoms with van der Waals surface area (Å²) in [5, 5.41) is 7.81. The minimum atomic E-state index is 0.112. The molecule has 0 saturated carbocycles. The highest BCUT2D eigenvalue weighted by molar-refractivity contribution is 5.92. The first kappa shape index (κ1) is 15.0. The number of nitrogens with one attached hydrogen (secondary N) is 1. The summed E-state index contributed by atoms with van der Waals surface area (Å²) in [7, 11) is 1.84. The third-order valence-electron chi connectivity index (χ3n) is 4.23. The van der Waals surface area contributed by atoms with Crippen molar-refractivity contribution in [2.75, 3.05) is 19.6 Å². The molecular weight excluding hydrogens is 252 g/mol. The molecular formula is C15H26N4O. The van der Waals surface area contributed by atoms with Gasteiger partial charge in [0.1, 0.15) is 5.69 Å². The number of likely N-dealkylation sites (tertiary alicyclic amines) is 1. The van der Waals surface area contributed by atoms with Gasteiger partial charge < -0.3 is 10.2 Å². The number of rotatable bonds is 4. The summed E-state index contributed by atoms with van der Waals surface area (Å²) >= 11 is 0. The van der Waals surface area contributed by atoms with Gasteiger partial charge in [-0.1, -0.05) is 20.3 Å². The smallest absolute Gasteiger partial charge is 0.272 e. The van der Waals surface area contributed by atoms with Crippen LogP contribution >= 0.6 is 0 Å². The molecule has 1 aliphatic heterocycles. The molecule has 1 aliphatic rings. The lowest BCUT2D eigenvalue weighted by Gasteiger charge is -2.38. The fourth-order valence-corrected chi connectivity index (χ4v) is 3.13. The van der Waals surface area contributed by atoms with Gasteiger partial charge in [-0.15, -0.1) is 0 Å². The molecule has 1 saturated heterocycles. The Morgan fingerprint density at radius 1 is 1.50 bits per heavy atom. The van der Waals surface area contributed by atoms with E-state index in [-0.39, 0.29) is 5.91 Å². The summed E-state index contributed by atoms with van der Waals surface area (Å²) < 4.78 is 1.69. The van der Waals surface area contributed by atoms with Crippen LogP contribution in [0.25, 0.3) is 0 Å². The number of aromatic nitrogens is 2. The van der Waals surface area contributed by atoms with Crippen molar-refractivity contribution in [1.29, 1.82) is 0 Å². The van der Waals surface area contributed by atoms with Gasteiger partial charge in [-0.05, 0) is 31.9 Å². The zero-order valence-corrected chi connectivity index (χ0v) is 13.0. The van der Waals surface area contributed by atoms with E-state index in [0.29, 0.717) is 17.7 Å². The van der Waals surface area contributed by atoms with Crippen molar-refractivity contribution in [3.05, 3.63) is 17.5 Å². The molecule has 2 atom stereocenters. The lowest BCUT2D eigenvalue weighted by atomic mass is 9.89. The zero-order chi connectivity index (χ0) is 14.7. The summed E-state index contributed by atoms with van der Waals surface area (Å²) in [5.41, 5.74) is 1.59. The molecule has 5 nitrogen and oxygen atoms in total. The number of aryl methyl sites for hydroxylation is 2. The SMILES string of the molecule is CCNC1CCN(C(=O)c2cc(C)nn2C)CC1CC. The van der Waals surface area contributed by atoms with Crippen LogP contribution < -0.4 is 5.32 Å². The van der Waals surface area contributed by atoms with E-state index in [1.807, 2.05) is 24.9 Å². The third-order valence-corrected chi connectivity index (χ3v) is 4.23. The van der Waals surface area contributed by atoms with Crippen LogP contribution in [0.3, 0.4) is 0 Å². The maximum absolute atomic E-state index is 12.6. The van der Waals surface area contributed by atoms with Crippen molar-refractivity contribution in [3.63, 3.8) is 0 Å². The van der Waals surface area contributed by atoms with Crippen molar-refractivity contribution in [2.24, 2.45) is 13.0 Å². The normalized spacial score (nSPS) is 23.1. The van der Waals surface area contributed by atoms with Crippen LogP contribution in [0.4, 0.5) is 0 Å². The van der Waals surface area contributed by atoms with Gasteiger partial charge in [0, 0.05) is 26.2 Å². The van der Waals surface area contributed by atoms with Crippen molar-refractivity contribution >= 4 is 5.91 Å². The minimum Gasteiger partial charge on any atom is -0.337 e. The lowest BCUT2D eigenvalue weighted by Crippen LogP contribution is -2.51. The molecule has 2 unspecified atom stereocenters. The first-order valence-electron chi connectivity index (χ1n) is 7.60. The quantitative estimate of drug-likeness (QED) is 0.909. The fourth-order valence-electron chi connectivity index (χ4n) is 3.13. The van der Waals surface area contributed by atoms with Gasteiger partial charge in [-0.2, -0.15) is 5.10 Å². The van der Waals surface area contributed by atoms with Crippen LogP contribution in [-0.4, -0.2) is 46.3 Å². The topological polar surface area (TPSA) is 50.2 Å². The number of nitrogens with zero attached hydrogens (tertiary/aromatic N) is 3. The van der Waals surface area contributed by atoms with Gasteiger partial charge in [0.25, 0.3) is 5.91 Å². The predicted molar refractivity (Wildman–Crippen MR) is 79.7 cm³/mol. The molecule has 2 rings (SSSR count). The highest BCUT2D eigenvalue weighted by atomic mass is 16.2. The Kier molecular flexibility index (Phi) is 4.81. The number of hydrogen-bond acceptors (Lipinski definition) is 3. The summed E-state index contributed by atoms with van der Waals surface area (Å²) in [6.45, 7) is 8.94. The van der Waals surface area contributed by atoms with E-state index < -0.39 is 0 Å². The molecule has 1 aromatic heterocycles. The summed E-state index contributed by atoms with van der Waals surface area (Å²) in [6.07, 6.45) is 2.14. The Balaban J connectivity index is 2.07. The monoisotopic (exact) mass is 278 g/mol. The van der Waals surface area contributed by atoms with Crippen LogP contribution in [0.1, 0.15) is 42.9 Å². The van der Waals surface area contributed by atoms with Crippen molar-refractivity contribution in [2.45, 2.75) is 39.7 Å². The Morgan fingerprint density at radius 3 is 2.80 bits per heavy atom. The molecule has 1 amide bonds. The maximum atomic E-state index is 12.6. The Hall–Kier alpha value is -1.36. The van der Waals surface area contributed by atoms with Crippen LogP contribution in [0.5, 0.6) is 0 Å². The molecule has 1 fully saturated rings. The van der Waals surface area contributed by atoms with E-state index in [1.54, 1.807) is 4.68 Å². The molecule has 0 aromatic carbocycles. The molecule has 1 N–H and O–H groups in total. The molecule has 5 heteroatoms. The van der Waals surface area contributed by atoms with Crippen LogP contribution in [0.2, 0.25) is 0 Å². The van der Waals surface area contributed by atoms with Crippen LogP contribution in [-0.2, 0) is 7.05 Å². The van der Waals surface area contributed by atoms with E-state index in [0.717, 1.165) is 38.2 Å². The summed E-state index contributed by atoms with van der Waals surface area (Å²) in [5.74, 6) is 0.656. The van der Waals surface area contributed by atoms with E-state index in [2.05, 4.69) is 24.3 Å². The third kappa shape index (κ3) is 3.03. The van der Waals surface area contributed by atoms with Crippen molar-refractivity contribution < 1.29 is 4.79 Å². The van der Waals surface area contributed by atoms with Crippen LogP contribution in [0.15, 0.2) is 6.07 Å². The average molecular weight is 278 g/mol. The molecule has 0 bridgehead atoms. The lowest BCUT2D eigenvalue weighted by molar-refractivity contribution is 0.0617. The average Bonchev–Trinajstić information content (AvgIpc) is 2.77. The number of piperidine rings is 1. The molecule has 112 valence electrons. The van der Waals surface area contributed by atoms with Gasteiger partial charge in [0.15, 0.2) is 0 Å². The Bertz CT molecular complexity index is 468. The fraction of sp³-hybridized carbons (Fsp3) is 0.733. The molecule has 0 radical (unpaired) electrons. The number of hydrogen-bond donors (Lipinski definition) is 1. The highest BCUT2D eigenvalue weighted by Crippen LogP contribution is 2.22. The maximum Gasteiger partial charge on any atom is 0.272 e. The summed E-state index contributed by atoms with van der Waals surface area (Å²) in [4.78, 5) is 14.6. The van der Waals surface area contributed by atoms with E-state index >= 15 is 0 Å². The van der Waals surface area contributed by atoms with Gasteiger partial charge in [0.2, 0.25) is 0 Å². The first-order valence-corrected chi connectivity index (χ1v) is 7.60. The molecule has 1 aromatic rings. The standard InChI is InChI=1S/C15H26N4O/c1-5-12-10-19(8-7-13(12)16-6-2)15(20)14-9-11(3)17-18(14)4/h9,12-13,16H,5-8,10H2,1-4H3. The molecule has 2 heterocycles. The van der Waals surface area contributed by atoms with E-state index in [9.17, 15) is 4.79 Å². The number of amides is 1. The highest BCUT2D eigenvalue weighted by Gasteiger charge is 2.31. The van der Waals surface area contributed by atoms with Gasteiger partial charge >= 0.3 is 0 Å². The van der Waals surface area contributed by atoms with Gasteiger partial charge in [0.05, 0.1) is 5.69 Å². The zero-order valence-electron chi connectivity index (χ0n) is 13.0. The second kappa shape index (κ2) is 6.39. The second-order valence-electron chi connectivity index (χ2n) is 5.67. The minimum absolute atomic E-state index is 0.112. The van der Waals surface area contributed by atoms with Crippen molar-refractivity contribution in [3.8, 4) is 0 Å². The Labute approximate surface area is 121 Å².